The number of carbonyl (C=O) groups excluding carboxylic acids is 1. The fraction of sp³-hybridized carbons (Fsp3) is 0.519. The molecule has 4 nitrogen and oxygen atoms in total. The first-order chi connectivity index (χ1) is 15.3. The summed E-state index contributed by atoms with van der Waals surface area (Å²) < 4.78 is 10.8. The number of rotatable bonds is 6. The maximum absolute atomic E-state index is 13.4. The Morgan fingerprint density at radius 2 is 1.62 bits per heavy atom. The Kier molecular flexibility index (Phi) is 7.07. The first kappa shape index (κ1) is 23.1. The van der Waals surface area contributed by atoms with Gasteiger partial charge in [0.05, 0.1) is 0 Å². The summed E-state index contributed by atoms with van der Waals surface area (Å²) in [5.74, 6) is 1.15. The van der Waals surface area contributed by atoms with Crippen molar-refractivity contribution in [2.24, 2.45) is 23.2 Å². The smallest absolute Gasteiger partial charge is 0.228 e. The van der Waals surface area contributed by atoms with Crippen LogP contribution in [0.3, 0.4) is 0 Å². The van der Waals surface area contributed by atoms with Crippen molar-refractivity contribution < 1.29 is 14.3 Å². The van der Waals surface area contributed by atoms with Crippen molar-refractivity contribution in [1.29, 1.82) is 0 Å². The van der Waals surface area contributed by atoms with Gasteiger partial charge in [-0.2, -0.15) is 0 Å². The molecule has 1 aliphatic carbocycles. The van der Waals surface area contributed by atoms with Crippen LogP contribution in [-0.2, 0) is 20.7 Å². The topological polar surface area (TPSA) is 47.6 Å². The van der Waals surface area contributed by atoms with Gasteiger partial charge in [0.15, 0.2) is 13.1 Å². The Hall–Kier alpha value is -2.11. The average molecular weight is 431 g/mol. The van der Waals surface area contributed by atoms with Gasteiger partial charge in [-0.1, -0.05) is 62.6 Å². The molecule has 168 valence electrons. The monoisotopic (exact) mass is 431 g/mol. The minimum absolute atomic E-state index is 0.0597. The number of ether oxygens (including phenoxy) is 2. The summed E-state index contributed by atoms with van der Waals surface area (Å²) in [7, 11) is 5.80. The molecule has 1 N–H and O–H groups in total. The van der Waals surface area contributed by atoms with E-state index in [0.29, 0.717) is 23.6 Å². The van der Waals surface area contributed by atoms with Crippen molar-refractivity contribution in [3.05, 3.63) is 59.7 Å². The molecular weight excluding hydrogens is 397 g/mol. The van der Waals surface area contributed by atoms with Crippen molar-refractivity contribution in [2.45, 2.75) is 59.2 Å². The standard InChI is InChI=1S/C27H34BNO3/c1-27(2,3)21-10-8-19(9-11-21)24(25(30)29-23-14-12-22(28)13-15-23)16-18-4-6-20(7-5-18)26-31-17-32-26/h4-7,12-15,19,21,24,26H,8-11,16-17H2,1-3H3,(H,29,30). The molecule has 2 fully saturated rings. The number of anilines is 1. The lowest BCUT2D eigenvalue weighted by atomic mass is 9.66. The molecule has 1 amide bonds. The third-order valence-electron chi connectivity index (χ3n) is 7.23. The Labute approximate surface area is 193 Å². The van der Waals surface area contributed by atoms with Crippen molar-refractivity contribution in [2.75, 3.05) is 12.1 Å². The summed E-state index contributed by atoms with van der Waals surface area (Å²) in [4.78, 5) is 13.4. The third kappa shape index (κ3) is 5.62. The first-order valence-electron chi connectivity index (χ1n) is 11.8. The van der Waals surface area contributed by atoms with Gasteiger partial charge in [-0.15, -0.1) is 0 Å². The summed E-state index contributed by atoms with van der Waals surface area (Å²) >= 11 is 0. The fourth-order valence-corrected chi connectivity index (χ4v) is 5.06. The molecule has 2 radical (unpaired) electrons. The van der Waals surface area contributed by atoms with Crippen molar-refractivity contribution >= 4 is 24.9 Å². The van der Waals surface area contributed by atoms with Crippen molar-refractivity contribution in [1.82, 2.24) is 0 Å². The third-order valence-corrected chi connectivity index (χ3v) is 7.23. The van der Waals surface area contributed by atoms with Gasteiger partial charge in [0.25, 0.3) is 0 Å². The summed E-state index contributed by atoms with van der Waals surface area (Å²) in [6.45, 7) is 7.36. The Morgan fingerprint density at radius 1 is 1.00 bits per heavy atom. The predicted octanol–water partition coefficient (Wildman–Crippen LogP) is 5.13. The highest BCUT2D eigenvalue weighted by molar-refractivity contribution is 6.32. The lowest BCUT2D eigenvalue weighted by Gasteiger charge is -2.39. The van der Waals surface area contributed by atoms with Crippen LogP contribution in [-0.4, -0.2) is 20.5 Å². The summed E-state index contributed by atoms with van der Waals surface area (Å²) in [6.07, 6.45) is 5.07. The highest BCUT2D eigenvalue weighted by Crippen LogP contribution is 2.42. The van der Waals surface area contributed by atoms with Crippen LogP contribution in [0.2, 0.25) is 0 Å². The second kappa shape index (κ2) is 9.80. The van der Waals surface area contributed by atoms with Crippen LogP contribution < -0.4 is 10.8 Å². The molecule has 1 saturated heterocycles. The van der Waals surface area contributed by atoms with Gasteiger partial charge in [-0.25, -0.2) is 0 Å². The molecule has 0 aromatic heterocycles. The molecule has 0 spiro atoms. The van der Waals surface area contributed by atoms with Crippen LogP contribution in [0, 0.1) is 23.2 Å². The van der Waals surface area contributed by atoms with E-state index in [2.05, 4.69) is 38.2 Å². The molecule has 0 bridgehead atoms. The highest BCUT2D eigenvalue weighted by atomic mass is 16.8. The van der Waals surface area contributed by atoms with E-state index in [0.717, 1.165) is 36.4 Å². The van der Waals surface area contributed by atoms with Crippen molar-refractivity contribution in [3.8, 4) is 0 Å². The van der Waals surface area contributed by atoms with Crippen LogP contribution in [0.4, 0.5) is 5.69 Å². The summed E-state index contributed by atoms with van der Waals surface area (Å²) in [5, 5.41) is 3.14. The first-order valence-corrected chi connectivity index (χ1v) is 11.8. The van der Waals surface area contributed by atoms with Gasteiger partial charge < -0.3 is 14.8 Å². The minimum atomic E-state index is -0.249. The summed E-state index contributed by atoms with van der Waals surface area (Å²) in [6, 6.07) is 15.7. The zero-order valence-electron chi connectivity index (χ0n) is 19.5. The second-order valence-corrected chi connectivity index (χ2v) is 10.4. The van der Waals surface area contributed by atoms with E-state index in [4.69, 9.17) is 17.3 Å². The number of nitrogens with one attached hydrogen (secondary N) is 1. The Bertz CT molecular complexity index is 892. The van der Waals surface area contributed by atoms with Gasteiger partial charge >= 0.3 is 0 Å². The molecule has 1 heterocycles. The number of hydrogen-bond donors (Lipinski definition) is 1. The van der Waals surface area contributed by atoms with Gasteiger partial charge in [0, 0.05) is 17.2 Å². The van der Waals surface area contributed by atoms with E-state index < -0.39 is 0 Å². The molecule has 2 aliphatic rings. The summed E-state index contributed by atoms with van der Waals surface area (Å²) in [5.41, 5.74) is 4.01. The molecule has 2 aromatic carbocycles. The van der Waals surface area contributed by atoms with Gasteiger partial charge in [-0.3, -0.25) is 4.79 Å². The second-order valence-electron chi connectivity index (χ2n) is 10.4. The fourth-order valence-electron chi connectivity index (χ4n) is 5.06. The molecule has 2 aromatic rings. The lowest BCUT2D eigenvalue weighted by Crippen LogP contribution is -2.35. The molecule has 32 heavy (non-hydrogen) atoms. The lowest BCUT2D eigenvalue weighted by molar-refractivity contribution is -0.326. The van der Waals surface area contributed by atoms with Crippen LogP contribution in [0.5, 0.6) is 0 Å². The minimum Gasteiger partial charge on any atom is -0.326 e. The maximum atomic E-state index is 13.4. The number of amides is 1. The largest absolute Gasteiger partial charge is 0.326 e. The maximum Gasteiger partial charge on any atom is 0.228 e. The zero-order chi connectivity index (χ0) is 22.7. The average Bonchev–Trinajstić information content (AvgIpc) is 2.73. The predicted molar refractivity (Wildman–Crippen MR) is 129 cm³/mol. The highest BCUT2D eigenvalue weighted by Gasteiger charge is 2.35. The molecule has 4 rings (SSSR count). The van der Waals surface area contributed by atoms with Crippen molar-refractivity contribution in [3.63, 3.8) is 0 Å². The zero-order valence-corrected chi connectivity index (χ0v) is 19.5. The Balaban J connectivity index is 1.48. The SMILES string of the molecule is [B]c1ccc(NC(=O)C(Cc2ccc(C3OCO3)cc2)C2CCC(C(C)(C)C)CC2)cc1. The quantitative estimate of drug-likeness (QED) is 0.645. The Morgan fingerprint density at radius 3 is 2.16 bits per heavy atom. The van der Waals surface area contributed by atoms with Crippen LogP contribution in [0.25, 0.3) is 0 Å². The van der Waals surface area contributed by atoms with E-state index in [9.17, 15) is 4.79 Å². The molecular formula is C27H34BNO3. The van der Waals surface area contributed by atoms with E-state index in [-0.39, 0.29) is 18.1 Å². The molecule has 1 saturated carbocycles. The van der Waals surface area contributed by atoms with Crippen LogP contribution >= 0.6 is 0 Å². The molecule has 1 atom stereocenters. The van der Waals surface area contributed by atoms with E-state index in [1.165, 1.54) is 18.4 Å². The van der Waals surface area contributed by atoms with E-state index in [1.807, 2.05) is 36.4 Å². The normalized spacial score (nSPS) is 22.7. The van der Waals surface area contributed by atoms with Gasteiger partial charge in [0.2, 0.25) is 5.91 Å². The van der Waals surface area contributed by atoms with Gasteiger partial charge in [0.1, 0.15) is 7.85 Å². The molecule has 1 aliphatic heterocycles. The number of hydrogen-bond acceptors (Lipinski definition) is 3. The molecule has 5 heteroatoms. The van der Waals surface area contributed by atoms with Crippen LogP contribution in [0.15, 0.2) is 48.5 Å². The number of benzene rings is 2. The van der Waals surface area contributed by atoms with Crippen LogP contribution in [0.1, 0.15) is 63.9 Å². The van der Waals surface area contributed by atoms with Gasteiger partial charge in [-0.05, 0) is 67.1 Å². The molecule has 1 unspecified atom stereocenters. The van der Waals surface area contributed by atoms with E-state index >= 15 is 0 Å². The van der Waals surface area contributed by atoms with E-state index in [1.54, 1.807) is 0 Å². The number of carbonyl (C=O) groups is 1.